The number of nitriles is 1. The average molecular weight is 297 g/mol. The molecular formula is C13H17BrN2O. The van der Waals surface area contributed by atoms with Crippen LogP contribution in [0.5, 0.6) is 0 Å². The average Bonchev–Trinajstić information content (AvgIpc) is 2.15. The minimum atomic E-state index is -0.901. The Balaban J connectivity index is 3.14. The molecule has 0 fully saturated rings. The lowest BCUT2D eigenvalue weighted by atomic mass is 9.85. The molecule has 0 unspecified atom stereocenters. The van der Waals surface area contributed by atoms with Crippen LogP contribution in [0, 0.1) is 11.3 Å². The van der Waals surface area contributed by atoms with Crippen molar-refractivity contribution in [2.24, 2.45) is 0 Å². The first kappa shape index (κ1) is 14.0. The molecular weight excluding hydrogens is 280 g/mol. The normalized spacial score (nSPS) is 12.1. The van der Waals surface area contributed by atoms with Crippen molar-refractivity contribution in [2.75, 3.05) is 5.32 Å². The number of hydrogen-bond donors (Lipinski definition) is 2. The number of nitrogens with one attached hydrogen (secondary N) is 1. The molecule has 1 rings (SSSR count). The topological polar surface area (TPSA) is 56.0 Å². The van der Waals surface area contributed by atoms with E-state index in [1.54, 1.807) is 13.8 Å². The highest BCUT2D eigenvalue weighted by Gasteiger charge is 2.35. The van der Waals surface area contributed by atoms with Crippen molar-refractivity contribution in [1.29, 1.82) is 5.26 Å². The predicted octanol–water partition coefficient (Wildman–Crippen LogP) is 3.28. The number of rotatable bonds is 3. The fourth-order valence-electron chi connectivity index (χ4n) is 1.23. The Labute approximate surface area is 111 Å². The van der Waals surface area contributed by atoms with Crippen LogP contribution in [-0.2, 0) is 0 Å². The number of hydrogen-bond acceptors (Lipinski definition) is 3. The third kappa shape index (κ3) is 2.99. The van der Waals surface area contributed by atoms with Gasteiger partial charge in [0.15, 0.2) is 0 Å². The van der Waals surface area contributed by atoms with Gasteiger partial charge in [0.05, 0.1) is 22.4 Å². The molecule has 3 nitrogen and oxygen atoms in total. The molecule has 1 aromatic rings. The zero-order valence-electron chi connectivity index (χ0n) is 10.5. The summed E-state index contributed by atoms with van der Waals surface area (Å²) in [6.45, 7) is 7.28. The molecule has 0 amide bonds. The Bertz CT molecular complexity index is 455. The number of nitrogens with zero attached hydrogens (tertiary/aromatic N) is 1. The summed E-state index contributed by atoms with van der Waals surface area (Å²) in [6.07, 6.45) is 0. The lowest BCUT2D eigenvalue weighted by Gasteiger charge is -2.39. The van der Waals surface area contributed by atoms with Crippen LogP contribution in [0.2, 0.25) is 0 Å². The molecule has 0 aromatic heterocycles. The Kier molecular flexibility index (Phi) is 3.85. The lowest BCUT2D eigenvalue weighted by Crippen LogP contribution is -2.51. The van der Waals surface area contributed by atoms with Crippen LogP contribution in [-0.4, -0.2) is 16.2 Å². The van der Waals surface area contributed by atoms with Gasteiger partial charge in [0.1, 0.15) is 6.07 Å². The van der Waals surface area contributed by atoms with Crippen LogP contribution in [0.1, 0.15) is 33.3 Å². The van der Waals surface area contributed by atoms with Crippen LogP contribution in [0.4, 0.5) is 5.69 Å². The van der Waals surface area contributed by atoms with Crippen molar-refractivity contribution in [2.45, 2.75) is 38.8 Å². The number of benzene rings is 1. The van der Waals surface area contributed by atoms with Gasteiger partial charge in [-0.3, -0.25) is 0 Å². The van der Waals surface area contributed by atoms with Gasteiger partial charge in [-0.15, -0.1) is 0 Å². The molecule has 17 heavy (non-hydrogen) atoms. The van der Waals surface area contributed by atoms with Gasteiger partial charge in [0, 0.05) is 4.47 Å². The van der Waals surface area contributed by atoms with E-state index in [-0.39, 0.29) is 0 Å². The summed E-state index contributed by atoms with van der Waals surface area (Å²) < 4.78 is 0.747. The van der Waals surface area contributed by atoms with E-state index in [9.17, 15) is 5.11 Å². The summed E-state index contributed by atoms with van der Waals surface area (Å²) in [4.78, 5) is 0. The third-order valence-corrected chi connectivity index (χ3v) is 3.76. The standard InChI is InChI=1S/C13H17BrN2O/c1-12(2,13(3,4)17)16-11-7-5-6-10(14)9(11)8-15/h5-7,16-17H,1-4H3. The quantitative estimate of drug-likeness (QED) is 0.900. The van der Waals surface area contributed by atoms with Crippen molar-refractivity contribution in [1.82, 2.24) is 0 Å². The van der Waals surface area contributed by atoms with Gasteiger partial charge >= 0.3 is 0 Å². The van der Waals surface area contributed by atoms with E-state index < -0.39 is 11.1 Å². The molecule has 1 aromatic carbocycles. The maximum Gasteiger partial charge on any atom is 0.103 e. The summed E-state index contributed by atoms with van der Waals surface area (Å²) in [5.41, 5.74) is -0.180. The summed E-state index contributed by atoms with van der Waals surface area (Å²) in [6, 6.07) is 7.65. The number of aliphatic hydroxyl groups is 1. The molecule has 0 aliphatic carbocycles. The van der Waals surface area contributed by atoms with Crippen LogP contribution in [0.15, 0.2) is 22.7 Å². The lowest BCUT2D eigenvalue weighted by molar-refractivity contribution is 0.0240. The van der Waals surface area contributed by atoms with Crippen LogP contribution < -0.4 is 5.32 Å². The second-order valence-corrected chi connectivity index (χ2v) is 5.94. The first-order valence-electron chi connectivity index (χ1n) is 5.38. The van der Waals surface area contributed by atoms with E-state index in [2.05, 4.69) is 27.3 Å². The fourth-order valence-corrected chi connectivity index (χ4v) is 1.69. The third-order valence-electron chi connectivity index (χ3n) is 3.10. The Hall–Kier alpha value is -1.05. The highest BCUT2D eigenvalue weighted by atomic mass is 79.9. The minimum Gasteiger partial charge on any atom is -0.388 e. The molecule has 0 bridgehead atoms. The zero-order chi connectivity index (χ0) is 13.3. The van der Waals surface area contributed by atoms with Crippen molar-refractivity contribution >= 4 is 21.6 Å². The maximum absolute atomic E-state index is 10.1. The monoisotopic (exact) mass is 296 g/mol. The maximum atomic E-state index is 10.1. The molecule has 4 heteroatoms. The second-order valence-electron chi connectivity index (χ2n) is 5.08. The number of anilines is 1. The summed E-state index contributed by atoms with van der Waals surface area (Å²) in [5.74, 6) is 0. The van der Waals surface area contributed by atoms with Gasteiger partial charge in [-0.1, -0.05) is 6.07 Å². The van der Waals surface area contributed by atoms with Gasteiger partial charge in [-0.05, 0) is 55.8 Å². The molecule has 0 saturated heterocycles. The van der Waals surface area contributed by atoms with Gasteiger partial charge in [0.25, 0.3) is 0 Å². The molecule has 0 radical (unpaired) electrons. The van der Waals surface area contributed by atoms with E-state index in [0.717, 1.165) is 4.47 Å². The van der Waals surface area contributed by atoms with Gasteiger partial charge in [-0.2, -0.15) is 5.26 Å². The van der Waals surface area contributed by atoms with E-state index in [4.69, 9.17) is 5.26 Å². The van der Waals surface area contributed by atoms with Crippen molar-refractivity contribution in [3.63, 3.8) is 0 Å². The van der Waals surface area contributed by atoms with Crippen LogP contribution >= 0.6 is 15.9 Å². The Morgan fingerprint density at radius 3 is 2.35 bits per heavy atom. The smallest absolute Gasteiger partial charge is 0.103 e. The molecule has 92 valence electrons. The minimum absolute atomic E-state index is 0.542. The summed E-state index contributed by atoms with van der Waals surface area (Å²) >= 11 is 3.34. The highest BCUT2D eigenvalue weighted by Crippen LogP contribution is 2.30. The molecule has 0 aliphatic heterocycles. The number of halogens is 1. The van der Waals surface area contributed by atoms with Crippen molar-refractivity contribution < 1.29 is 5.11 Å². The predicted molar refractivity (Wildman–Crippen MR) is 72.9 cm³/mol. The molecule has 2 N–H and O–H groups in total. The molecule has 0 atom stereocenters. The first-order chi connectivity index (χ1) is 7.69. The largest absolute Gasteiger partial charge is 0.388 e. The Morgan fingerprint density at radius 2 is 1.88 bits per heavy atom. The summed E-state index contributed by atoms with van der Waals surface area (Å²) in [5, 5.41) is 22.4. The van der Waals surface area contributed by atoms with E-state index in [1.165, 1.54) is 0 Å². The van der Waals surface area contributed by atoms with E-state index >= 15 is 0 Å². The molecule has 0 heterocycles. The second kappa shape index (κ2) is 4.67. The van der Waals surface area contributed by atoms with E-state index in [0.29, 0.717) is 11.3 Å². The molecule has 0 aliphatic rings. The van der Waals surface area contributed by atoms with Gasteiger partial charge in [-0.25, -0.2) is 0 Å². The fraction of sp³-hybridized carbons (Fsp3) is 0.462. The van der Waals surface area contributed by atoms with Crippen molar-refractivity contribution in [3.05, 3.63) is 28.2 Å². The Morgan fingerprint density at radius 1 is 1.29 bits per heavy atom. The van der Waals surface area contributed by atoms with Crippen molar-refractivity contribution in [3.8, 4) is 6.07 Å². The molecule has 0 spiro atoms. The van der Waals surface area contributed by atoms with Crippen LogP contribution in [0.25, 0.3) is 0 Å². The van der Waals surface area contributed by atoms with E-state index in [1.807, 2.05) is 32.0 Å². The highest BCUT2D eigenvalue weighted by molar-refractivity contribution is 9.10. The van der Waals surface area contributed by atoms with Gasteiger partial charge < -0.3 is 10.4 Å². The summed E-state index contributed by atoms with van der Waals surface area (Å²) in [7, 11) is 0. The first-order valence-corrected chi connectivity index (χ1v) is 6.17. The zero-order valence-corrected chi connectivity index (χ0v) is 12.1. The molecule has 0 saturated carbocycles. The SMILES string of the molecule is CC(C)(O)C(C)(C)Nc1cccc(Br)c1C#N. The van der Waals surface area contributed by atoms with Crippen LogP contribution in [0.3, 0.4) is 0 Å². The van der Waals surface area contributed by atoms with Gasteiger partial charge in [0.2, 0.25) is 0 Å².